The summed E-state index contributed by atoms with van der Waals surface area (Å²) in [6.45, 7) is 0. The lowest BCUT2D eigenvalue weighted by Gasteiger charge is -2.24. The Bertz CT molecular complexity index is 934. The zero-order chi connectivity index (χ0) is 17.4. The summed E-state index contributed by atoms with van der Waals surface area (Å²) in [5.41, 5.74) is 1.98. The Labute approximate surface area is 147 Å². The van der Waals surface area contributed by atoms with Gasteiger partial charge in [0.2, 0.25) is 5.95 Å². The SMILES string of the molecule is COc1ccc(C2=C[C@H](c3c(F)cccc3Cl)n3nnnc3N2)cc1. The molecule has 1 aliphatic rings. The van der Waals surface area contributed by atoms with Gasteiger partial charge in [-0.3, -0.25) is 0 Å². The number of halogens is 2. The summed E-state index contributed by atoms with van der Waals surface area (Å²) in [6.07, 6.45) is 1.84. The molecule has 2 heterocycles. The van der Waals surface area contributed by atoms with Gasteiger partial charge in [0.15, 0.2) is 0 Å². The van der Waals surface area contributed by atoms with Crippen LogP contribution in [0.4, 0.5) is 10.3 Å². The first-order chi connectivity index (χ1) is 12.2. The Morgan fingerprint density at radius 3 is 2.72 bits per heavy atom. The van der Waals surface area contributed by atoms with Crippen molar-refractivity contribution >= 4 is 23.2 Å². The Kier molecular flexibility index (Phi) is 3.85. The van der Waals surface area contributed by atoms with E-state index in [1.807, 2.05) is 30.3 Å². The largest absolute Gasteiger partial charge is 0.497 e. The molecular weight excluding hydrogens is 345 g/mol. The van der Waals surface area contributed by atoms with Crippen molar-refractivity contribution in [2.75, 3.05) is 12.4 Å². The number of rotatable bonds is 3. The molecule has 1 aromatic heterocycles. The number of hydrogen-bond donors (Lipinski definition) is 1. The molecule has 0 radical (unpaired) electrons. The van der Waals surface area contributed by atoms with Crippen LogP contribution in [0.2, 0.25) is 5.02 Å². The zero-order valence-electron chi connectivity index (χ0n) is 13.1. The highest BCUT2D eigenvalue weighted by molar-refractivity contribution is 6.31. The molecule has 1 atom stereocenters. The van der Waals surface area contributed by atoms with Crippen LogP contribution >= 0.6 is 11.6 Å². The van der Waals surface area contributed by atoms with E-state index >= 15 is 0 Å². The quantitative estimate of drug-likeness (QED) is 0.776. The number of hydrogen-bond acceptors (Lipinski definition) is 5. The van der Waals surface area contributed by atoms with Gasteiger partial charge in [0.1, 0.15) is 17.6 Å². The fraction of sp³-hybridized carbons (Fsp3) is 0.118. The molecule has 0 unspecified atom stereocenters. The van der Waals surface area contributed by atoms with Gasteiger partial charge in [0.05, 0.1) is 7.11 Å². The van der Waals surface area contributed by atoms with Gasteiger partial charge < -0.3 is 10.1 Å². The van der Waals surface area contributed by atoms with Crippen molar-refractivity contribution < 1.29 is 9.13 Å². The van der Waals surface area contributed by atoms with Crippen molar-refractivity contribution in [2.45, 2.75) is 6.04 Å². The van der Waals surface area contributed by atoms with Gasteiger partial charge in [-0.15, -0.1) is 0 Å². The fourth-order valence-electron chi connectivity index (χ4n) is 2.79. The van der Waals surface area contributed by atoms with Gasteiger partial charge in [0, 0.05) is 16.3 Å². The minimum atomic E-state index is -0.558. The van der Waals surface area contributed by atoms with Gasteiger partial charge in [-0.2, -0.15) is 4.68 Å². The lowest BCUT2D eigenvalue weighted by molar-refractivity contribution is 0.415. The molecule has 0 saturated heterocycles. The molecule has 0 aliphatic carbocycles. The third-order valence-electron chi connectivity index (χ3n) is 4.02. The molecule has 2 aromatic carbocycles. The molecule has 3 aromatic rings. The van der Waals surface area contributed by atoms with E-state index in [4.69, 9.17) is 16.3 Å². The van der Waals surface area contributed by atoms with Crippen LogP contribution in [0.3, 0.4) is 0 Å². The van der Waals surface area contributed by atoms with E-state index in [0.29, 0.717) is 16.5 Å². The molecule has 4 rings (SSSR count). The predicted molar refractivity (Wildman–Crippen MR) is 92.0 cm³/mol. The standard InChI is InChI=1S/C17H13ClFN5O/c1-25-11-7-5-10(6-8-11)14-9-15(24-17(20-14)21-22-23-24)16-12(18)3-2-4-13(16)19/h2-9,15H,1H3,(H,20,21,23)/t15-/m1/s1. The maximum absolute atomic E-state index is 14.4. The number of nitrogens with one attached hydrogen (secondary N) is 1. The van der Waals surface area contributed by atoms with E-state index in [0.717, 1.165) is 17.0 Å². The minimum Gasteiger partial charge on any atom is -0.497 e. The highest BCUT2D eigenvalue weighted by Gasteiger charge is 2.28. The van der Waals surface area contributed by atoms with Gasteiger partial charge in [0.25, 0.3) is 0 Å². The van der Waals surface area contributed by atoms with Gasteiger partial charge in [-0.25, -0.2) is 4.39 Å². The second-order valence-corrected chi connectivity index (χ2v) is 5.87. The first-order valence-electron chi connectivity index (χ1n) is 7.52. The van der Waals surface area contributed by atoms with Crippen LogP contribution in [0.25, 0.3) is 5.70 Å². The van der Waals surface area contributed by atoms with Crippen LogP contribution in [0.1, 0.15) is 17.2 Å². The Morgan fingerprint density at radius 1 is 1.20 bits per heavy atom. The summed E-state index contributed by atoms with van der Waals surface area (Å²) < 4.78 is 21.1. The van der Waals surface area contributed by atoms with Crippen LogP contribution in [-0.2, 0) is 0 Å². The van der Waals surface area contributed by atoms with Crippen LogP contribution in [-0.4, -0.2) is 27.3 Å². The Hall–Kier alpha value is -2.93. The summed E-state index contributed by atoms with van der Waals surface area (Å²) in [5.74, 6) is 0.752. The summed E-state index contributed by atoms with van der Waals surface area (Å²) in [4.78, 5) is 0. The number of fused-ring (bicyclic) bond motifs is 1. The summed E-state index contributed by atoms with van der Waals surface area (Å²) in [5, 5.41) is 15.1. The Balaban J connectivity index is 1.83. The van der Waals surface area contributed by atoms with Crippen LogP contribution in [0, 0.1) is 5.82 Å². The molecular formula is C17H13ClFN5O. The van der Waals surface area contributed by atoms with E-state index < -0.39 is 11.9 Å². The molecule has 1 aliphatic heterocycles. The van der Waals surface area contributed by atoms with E-state index in [2.05, 4.69) is 20.8 Å². The summed E-state index contributed by atoms with van der Waals surface area (Å²) in [6, 6.07) is 11.5. The molecule has 0 amide bonds. The van der Waals surface area contributed by atoms with Crippen LogP contribution < -0.4 is 10.1 Å². The lowest BCUT2D eigenvalue weighted by Crippen LogP contribution is -2.21. The smallest absolute Gasteiger partial charge is 0.248 e. The van der Waals surface area contributed by atoms with Crippen molar-refractivity contribution in [3.63, 3.8) is 0 Å². The summed E-state index contributed by atoms with van der Waals surface area (Å²) in [7, 11) is 1.61. The number of tetrazole rings is 1. The molecule has 8 heteroatoms. The Morgan fingerprint density at radius 2 is 2.00 bits per heavy atom. The zero-order valence-corrected chi connectivity index (χ0v) is 13.9. The number of ether oxygens (including phenoxy) is 1. The van der Waals surface area contributed by atoms with Gasteiger partial charge in [-0.05, 0) is 58.5 Å². The molecule has 0 bridgehead atoms. The number of allylic oxidation sites excluding steroid dienone is 1. The van der Waals surface area contributed by atoms with Gasteiger partial charge in [-0.1, -0.05) is 22.8 Å². The number of nitrogens with zero attached hydrogens (tertiary/aromatic N) is 4. The molecule has 1 N–H and O–H groups in total. The molecule has 0 fully saturated rings. The predicted octanol–water partition coefficient (Wildman–Crippen LogP) is 3.53. The normalized spacial score (nSPS) is 16.0. The summed E-state index contributed by atoms with van der Waals surface area (Å²) >= 11 is 6.24. The topological polar surface area (TPSA) is 64.9 Å². The maximum atomic E-state index is 14.4. The highest BCUT2D eigenvalue weighted by atomic mass is 35.5. The highest BCUT2D eigenvalue weighted by Crippen LogP contribution is 2.36. The number of anilines is 1. The molecule has 25 heavy (non-hydrogen) atoms. The van der Waals surface area contributed by atoms with Crippen molar-refractivity contribution in [1.82, 2.24) is 20.2 Å². The van der Waals surface area contributed by atoms with Crippen molar-refractivity contribution in [3.05, 3.63) is 70.5 Å². The second-order valence-electron chi connectivity index (χ2n) is 5.46. The van der Waals surface area contributed by atoms with Crippen LogP contribution in [0.5, 0.6) is 5.75 Å². The average Bonchev–Trinajstić information content (AvgIpc) is 3.10. The number of benzene rings is 2. The first kappa shape index (κ1) is 15.6. The van der Waals surface area contributed by atoms with Crippen molar-refractivity contribution in [1.29, 1.82) is 0 Å². The first-order valence-corrected chi connectivity index (χ1v) is 7.90. The maximum Gasteiger partial charge on any atom is 0.248 e. The van der Waals surface area contributed by atoms with E-state index in [9.17, 15) is 4.39 Å². The minimum absolute atomic E-state index is 0.318. The number of methoxy groups -OCH3 is 1. The molecule has 126 valence electrons. The van der Waals surface area contributed by atoms with Crippen molar-refractivity contribution in [2.24, 2.45) is 0 Å². The third kappa shape index (κ3) is 2.72. The monoisotopic (exact) mass is 357 g/mol. The number of aromatic nitrogens is 4. The average molecular weight is 358 g/mol. The third-order valence-corrected chi connectivity index (χ3v) is 4.35. The van der Waals surface area contributed by atoms with Crippen molar-refractivity contribution in [3.8, 4) is 5.75 Å². The van der Waals surface area contributed by atoms with Crippen LogP contribution in [0.15, 0.2) is 48.5 Å². The molecule has 0 spiro atoms. The molecule has 6 nitrogen and oxygen atoms in total. The van der Waals surface area contributed by atoms with E-state index in [1.165, 1.54) is 10.7 Å². The van der Waals surface area contributed by atoms with E-state index in [1.54, 1.807) is 19.2 Å². The lowest BCUT2D eigenvalue weighted by atomic mass is 10.0. The van der Waals surface area contributed by atoms with E-state index in [-0.39, 0.29) is 0 Å². The second kappa shape index (κ2) is 6.18. The molecule has 0 saturated carbocycles. The van der Waals surface area contributed by atoms with Gasteiger partial charge >= 0.3 is 0 Å². The fourth-order valence-corrected chi connectivity index (χ4v) is 3.07.